The van der Waals surface area contributed by atoms with E-state index in [0.717, 1.165) is 5.56 Å². The van der Waals surface area contributed by atoms with Gasteiger partial charge < -0.3 is 24.5 Å². The Morgan fingerprint density at radius 1 is 0.967 bits per heavy atom. The largest absolute Gasteiger partial charge is 0.493 e. The zero-order chi connectivity index (χ0) is 21.5. The van der Waals surface area contributed by atoms with Gasteiger partial charge in [0.1, 0.15) is 0 Å². The van der Waals surface area contributed by atoms with Crippen molar-refractivity contribution in [3.63, 3.8) is 0 Å². The standard InChI is InChI=1S/C21H22N4O5/c1-13-24-25-21(30-13)15-5-7-16(8-6-15)23-20(27)19(26)22-11-10-14-4-9-17(28-2)18(12-14)29-3/h4-9,12H,10-11H2,1-3H3,(H,22,26)(H,23,27). The van der Waals surface area contributed by atoms with E-state index < -0.39 is 11.8 Å². The van der Waals surface area contributed by atoms with Gasteiger partial charge in [0.15, 0.2) is 11.5 Å². The van der Waals surface area contributed by atoms with Crippen LogP contribution in [0, 0.1) is 6.92 Å². The Labute approximate surface area is 173 Å². The summed E-state index contributed by atoms with van der Waals surface area (Å²) in [7, 11) is 3.12. The van der Waals surface area contributed by atoms with Gasteiger partial charge in [-0.2, -0.15) is 0 Å². The molecule has 0 saturated heterocycles. The summed E-state index contributed by atoms with van der Waals surface area (Å²) in [5.74, 6) is 0.629. The van der Waals surface area contributed by atoms with Gasteiger partial charge in [0.05, 0.1) is 14.2 Å². The summed E-state index contributed by atoms with van der Waals surface area (Å²) in [6.07, 6.45) is 0.539. The maximum atomic E-state index is 12.1. The highest BCUT2D eigenvalue weighted by Crippen LogP contribution is 2.27. The summed E-state index contributed by atoms with van der Waals surface area (Å²) in [5.41, 5.74) is 2.14. The number of hydrogen-bond acceptors (Lipinski definition) is 7. The molecule has 30 heavy (non-hydrogen) atoms. The van der Waals surface area contributed by atoms with Gasteiger partial charge in [-0.1, -0.05) is 6.07 Å². The Morgan fingerprint density at radius 3 is 2.33 bits per heavy atom. The number of aryl methyl sites for hydroxylation is 1. The quantitative estimate of drug-likeness (QED) is 0.575. The highest BCUT2D eigenvalue weighted by molar-refractivity contribution is 6.39. The lowest BCUT2D eigenvalue weighted by Gasteiger charge is -2.10. The number of benzene rings is 2. The minimum atomic E-state index is -0.747. The molecule has 2 N–H and O–H groups in total. The third kappa shape index (κ3) is 5.13. The Hall–Kier alpha value is -3.88. The lowest BCUT2D eigenvalue weighted by Crippen LogP contribution is -2.36. The second-order valence-corrected chi connectivity index (χ2v) is 6.35. The lowest BCUT2D eigenvalue weighted by atomic mass is 10.1. The van der Waals surface area contributed by atoms with Crippen molar-refractivity contribution in [2.24, 2.45) is 0 Å². The summed E-state index contributed by atoms with van der Waals surface area (Å²) < 4.78 is 15.8. The van der Waals surface area contributed by atoms with Gasteiger partial charge in [0, 0.05) is 24.7 Å². The first-order valence-corrected chi connectivity index (χ1v) is 9.20. The second kappa shape index (κ2) is 9.55. The predicted octanol–water partition coefficient (Wildman–Crippen LogP) is 2.36. The van der Waals surface area contributed by atoms with Crippen molar-refractivity contribution in [2.45, 2.75) is 13.3 Å². The maximum absolute atomic E-state index is 12.1. The van der Waals surface area contributed by atoms with Crippen LogP contribution in [0.3, 0.4) is 0 Å². The predicted molar refractivity (Wildman–Crippen MR) is 109 cm³/mol. The maximum Gasteiger partial charge on any atom is 0.313 e. The third-order valence-corrected chi connectivity index (χ3v) is 4.27. The van der Waals surface area contributed by atoms with Crippen molar-refractivity contribution >= 4 is 17.5 Å². The van der Waals surface area contributed by atoms with E-state index in [0.29, 0.717) is 47.5 Å². The van der Waals surface area contributed by atoms with Gasteiger partial charge in [-0.3, -0.25) is 9.59 Å². The van der Waals surface area contributed by atoms with Crippen molar-refractivity contribution < 1.29 is 23.5 Å². The first-order valence-electron chi connectivity index (χ1n) is 9.20. The normalized spacial score (nSPS) is 10.4. The monoisotopic (exact) mass is 410 g/mol. The van der Waals surface area contributed by atoms with E-state index in [2.05, 4.69) is 20.8 Å². The van der Waals surface area contributed by atoms with E-state index in [1.165, 1.54) is 0 Å². The molecular formula is C21H22N4O5. The lowest BCUT2D eigenvalue weighted by molar-refractivity contribution is -0.136. The Morgan fingerprint density at radius 2 is 1.70 bits per heavy atom. The summed E-state index contributed by atoms with van der Waals surface area (Å²) in [6, 6.07) is 12.3. The molecule has 2 amide bonds. The molecule has 0 bridgehead atoms. The second-order valence-electron chi connectivity index (χ2n) is 6.35. The van der Waals surface area contributed by atoms with E-state index in [-0.39, 0.29) is 0 Å². The van der Waals surface area contributed by atoms with Gasteiger partial charge in [-0.15, -0.1) is 10.2 Å². The molecule has 0 spiro atoms. The molecule has 3 aromatic rings. The van der Waals surface area contributed by atoms with E-state index in [4.69, 9.17) is 13.9 Å². The van der Waals surface area contributed by atoms with Crippen LogP contribution in [0.25, 0.3) is 11.5 Å². The SMILES string of the molecule is COc1ccc(CCNC(=O)C(=O)Nc2ccc(-c3nnc(C)o3)cc2)cc1OC. The summed E-state index contributed by atoms with van der Waals surface area (Å²) >= 11 is 0. The summed E-state index contributed by atoms with van der Waals surface area (Å²) in [6.45, 7) is 2.01. The Bertz CT molecular complexity index is 1030. The van der Waals surface area contributed by atoms with Gasteiger partial charge >= 0.3 is 11.8 Å². The fraction of sp³-hybridized carbons (Fsp3) is 0.238. The molecule has 0 saturated carbocycles. The van der Waals surface area contributed by atoms with Crippen LogP contribution in [-0.2, 0) is 16.0 Å². The summed E-state index contributed by atoms with van der Waals surface area (Å²) in [5, 5.41) is 12.9. The van der Waals surface area contributed by atoms with Crippen LogP contribution in [0.5, 0.6) is 11.5 Å². The Balaban J connectivity index is 1.49. The van der Waals surface area contributed by atoms with E-state index in [1.807, 2.05) is 12.1 Å². The zero-order valence-electron chi connectivity index (χ0n) is 16.9. The van der Waals surface area contributed by atoms with Crippen LogP contribution in [-0.4, -0.2) is 42.8 Å². The number of carbonyl (C=O) groups is 2. The molecular weight excluding hydrogens is 388 g/mol. The molecule has 0 atom stereocenters. The van der Waals surface area contributed by atoms with Crippen molar-refractivity contribution in [1.29, 1.82) is 0 Å². The fourth-order valence-corrected chi connectivity index (χ4v) is 2.73. The minimum Gasteiger partial charge on any atom is -0.493 e. The number of nitrogens with zero attached hydrogens (tertiary/aromatic N) is 2. The van der Waals surface area contributed by atoms with Crippen LogP contribution in [0.4, 0.5) is 5.69 Å². The van der Waals surface area contributed by atoms with Crippen molar-refractivity contribution in [3.05, 3.63) is 53.9 Å². The number of rotatable bonds is 7. The fourth-order valence-electron chi connectivity index (χ4n) is 2.73. The molecule has 0 radical (unpaired) electrons. The van der Waals surface area contributed by atoms with Crippen LogP contribution in [0.1, 0.15) is 11.5 Å². The van der Waals surface area contributed by atoms with Crippen LogP contribution >= 0.6 is 0 Å². The third-order valence-electron chi connectivity index (χ3n) is 4.27. The van der Waals surface area contributed by atoms with E-state index >= 15 is 0 Å². The average Bonchev–Trinajstić information content (AvgIpc) is 3.20. The molecule has 9 heteroatoms. The smallest absolute Gasteiger partial charge is 0.313 e. The number of carbonyl (C=O) groups excluding carboxylic acids is 2. The molecule has 0 aliphatic carbocycles. The van der Waals surface area contributed by atoms with Crippen molar-refractivity contribution in [3.8, 4) is 23.0 Å². The van der Waals surface area contributed by atoms with Crippen molar-refractivity contribution in [1.82, 2.24) is 15.5 Å². The van der Waals surface area contributed by atoms with E-state index in [9.17, 15) is 9.59 Å². The van der Waals surface area contributed by atoms with Gasteiger partial charge in [0.2, 0.25) is 11.8 Å². The highest BCUT2D eigenvalue weighted by Gasteiger charge is 2.14. The highest BCUT2D eigenvalue weighted by atomic mass is 16.5. The average molecular weight is 410 g/mol. The molecule has 2 aromatic carbocycles. The zero-order valence-corrected chi connectivity index (χ0v) is 16.9. The molecule has 1 heterocycles. The number of hydrogen-bond donors (Lipinski definition) is 2. The number of nitrogens with one attached hydrogen (secondary N) is 2. The molecule has 156 valence electrons. The first-order chi connectivity index (χ1) is 14.5. The number of ether oxygens (including phenoxy) is 2. The molecule has 9 nitrogen and oxygen atoms in total. The molecule has 0 aliphatic heterocycles. The van der Waals surface area contributed by atoms with Crippen LogP contribution in [0.2, 0.25) is 0 Å². The Kier molecular flexibility index (Phi) is 6.63. The number of aromatic nitrogens is 2. The minimum absolute atomic E-state index is 0.303. The van der Waals surface area contributed by atoms with Crippen LogP contribution in [0.15, 0.2) is 46.9 Å². The molecule has 0 aliphatic rings. The van der Waals surface area contributed by atoms with Gasteiger partial charge in [0.25, 0.3) is 0 Å². The number of anilines is 1. The summed E-state index contributed by atoms with van der Waals surface area (Å²) in [4.78, 5) is 24.1. The van der Waals surface area contributed by atoms with Gasteiger partial charge in [-0.25, -0.2) is 0 Å². The van der Waals surface area contributed by atoms with Gasteiger partial charge in [-0.05, 0) is 48.4 Å². The first kappa shape index (κ1) is 20.8. The van der Waals surface area contributed by atoms with Crippen molar-refractivity contribution in [2.75, 3.05) is 26.1 Å². The molecule has 0 fully saturated rings. The molecule has 0 unspecified atom stereocenters. The topological polar surface area (TPSA) is 116 Å². The molecule has 3 rings (SSSR count). The number of methoxy groups -OCH3 is 2. The van der Waals surface area contributed by atoms with E-state index in [1.54, 1.807) is 51.5 Å². The molecule has 1 aromatic heterocycles. The number of amides is 2. The van der Waals surface area contributed by atoms with Crippen LogP contribution < -0.4 is 20.1 Å².